The van der Waals surface area contributed by atoms with Crippen LogP contribution in [0, 0.1) is 0 Å². The molecule has 0 amide bonds. The standard InChI is InChI=1S/C13H26N2O2/c1-3-7-14-13(11-12(16)17)5-9-15(8-4-2)10-6-13/h14H,3-11H2,1-2H3,(H,16,17). The highest BCUT2D eigenvalue weighted by atomic mass is 16.4. The van der Waals surface area contributed by atoms with Crippen LogP contribution in [0.1, 0.15) is 46.0 Å². The fourth-order valence-corrected chi connectivity index (χ4v) is 2.62. The predicted molar refractivity (Wildman–Crippen MR) is 69.2 cm³/mol. The highest BCUT2D eigenvalue weighted by Crippen LogP contribution is 2.26. The van der Waals surface area contributed by atoms with Crippen molar-refractivity contribution in [1.82, 2.24) is 10.2 Å². The van der Waals surface area contributed by atoms with Crippen LogP contribution in [0.2, 0.25) is 0 Å². The minimum Gasteiger partial charge on any atom is -0.481 e. The summed E-state index contributed by atoms with van der Waals surface area (Å²) in [6.07, 6.45) is 4.40. The van der Waals surface area contributed by atoms with Gasteiger partial charge in [-0.1, -0.05) is 13.8 Å². The van der Waals surface area contributed by atoms with E-state index in [1.165, 1.54) is 6.42 Å². The average molecular weight is 242 g/mol. The molecule has 1 fully saturated rings. The third-order valence-electron chi connectivity index (χ3n) is 3.59. The highest BCUT2D eigenvalue weighted by Gasteiger charge is 2.35. The van der Waals surface area contributed by atoms with Crippen molar-refractivity contribution in [2.75, 3.05) is 26.2 Å². The highest BCUT2D eigenvalue weighted by molar-refractivity contribution is 5.68. The molecule has 0 saturated carbocycles. The van der Waals surface area contributed by atoms with E-state index < -0.39 is 5.97 Å². The van der Waals surface area contributed by atoms with Crippen LogP contribution in [-0.2, 0) is 4.79 Å². The molecule has 100 valence electrons. The Morgan fingerprint density at radius 3 is 2.41 bits per heavy atom. The normalized spacial score (nSPS) is 20.4. The maximum atomic E-state index is 11.0. The summed E-state index contributed by atoms with van der Waals surface area (Å²) in [5, 5.41) is 12.5. The Morgan fingerprint density at radius 2 is 1.94 bits per heavy atom. The van der Waals surface area contributed by atoms with Gasteiger partial charge in [-0.3, -0.25) is 4.79 Å². The Bertz CT molecular complexity index is 236. The van der Waals surface area contributed by atoms with Crippen LogP contribution in [0.4, 0.5) is 0 Å². The van der Waals surface area contributed by atoms with Crippen LogP contribution >= 0.6 is 0 Å². The summed E-state index contributed by atoms with van der Waals surface area (Å²) in [5.41, 5.74) is -0.161. The first kappa shape index (κ1) is 14.5. The summed E-state index contributed by atoms with van der Waals surface area (Å²) < 4.78 is 0. The third-order valence-corrected chi connectivity index (χ3v) is 3.59. The number of carbonyl (C=O) groups is 1. The lowest BCUT2D eigenvalue weighted by Gasteiger charge is -2.41. The minimum absolute atomic E-state index is 0.161. The Balaban J connectivity index is 2.51. The second-order valence-electron chi connectivity index (χ2n) is 5.12. The van der Waals surface area contributed by atoms with Crippen LogP contribution in [0.3, 0.4) is 0 Å². The molecule has 0 spiro atoms. The molecule has 1 aliphatic rings. The number of likely N-dealkylation sites (tertiary alicyclic amines) is 1. The Labute approximate surface area is 104 Å². The molecule has 0 unspecified atom stereocenters. The quantitative estimate of drug-likeness (QED) is 0.713. The maximum absolute atomic E-state index is 11.0. The summed E-state index contributed by atoms with van der Waals surface area (Å²) >= 11 is 0. The van der Waals surface area contributed by atoms with E-state index in [1.807, 2.05) is 0 Å². The van der Waals surface area contributed by atoms with Gasteiger partial charge in [-0.2, -0.15) is 0 Å². The monoisotopic (exact) mass is 242 g/mol. The van der Waals surface area contributed by atoms with Gasteiger partial charge in [0, 0.05) is 5.54 Å². The van der Waals surface area contributed by atoms with Crippen molar-refractivity contribution >= 4 is 5.97 Å². The molecule has 1 rings (SSSR count). The van der Waals surface area contributed by atoms with Gasteiger partial charge in [0.15, 0.2) is 0 Å². The van der Waals surface area contributed by atoms with Crippen LogP contribution < -0.4 is 5.32 Å². The third kappa shape index (κ3) is 4.64. The van der Waals surface area contributed by atoms with Gasteiger partial charge in [-0.15, -0.1) is 0 Å². The van der Waals surface area contributed by atoms with Gasteiger partial charge in [-0.25, -0.2) is 0 Å². The average Bonchev–Trinajstić information content (AvgIpc) is 2.29. The SMILES string of the molecule is CCCNC1(CC(=O)O)CCN(CCC)CC1. The van der Waals surface area contributed by atoms with Crippen molar-refractivity contribution in [3.8, 4) is 0 Å². The number of piperidine rings is 1. The summed E-state index contributed by atoms with van der Waals surface area (Å²) in [4.78, 5) is 13.4. The van der Waals surface area contributed by atoms with Gasteiger partial charge in [0.05, 0.1) is 6.42 Å². The molecule has 2 N–H and O–H groups in total. The number of nitrogens with zero attached hydrogens (tertiary/aromatic N) is 1. The first-order chi connectivity index (χ1) is 8.12. The molecule has 0 radical (unpaired) electrons. The second kappa shape index (κ2) is 6.97. The molecular weight excluding hydrogens is 216 g/mol. The van der Waals surface area contributed by atoms with E-state index in [-0.39, 0.29) is 12.0 Å². The largest absolute Gasteiger partial charge is 0.481 e. The second-order valence-corrected chi connectivity index (χ2v) is 5.12. The summed E-state index contributed by atoms with van der Waals surface area (Å²) in [6.45, 7) is 8.41. The van der Waals surface area contributed by atoms with E-state index in [4.69, 9.17) is 5.11 Å². The van der Waals surface area contributed by atoms with E-state index >= 15 is 0 Å². The number of carboxylic acids is 1. The fourth-order valence-electron chi connectivity index (χ4n) is 2.62. The lowest BCUT2D eigenvalue weighted by atomic mass is 9.84. The van der Waals surface area contributed by atoms with Crippen molar-refractivity contribution < 1.29 is 9.90 Å². The number of hydrogen-bond donors (Lipinski definition) is 2. The molecule has 0 aromatic carbocycles. The zero-order chi connectivity index (χ0) is 12.7. The lowest BCUT2D eigenvalue weighted by Crippen LogP contribution is -2.54. The maximum Gasteiger partial charge on any atom is 0.305 e. The van der Waals surface area contributed by atoms with E-state index in [9.17, 15) is 4.79 Å². The van der Waals surface area contributed by atoms with E-state index in [0.717, 1.165) is 45.4 Å². The van der Waals surface area contributed by atoms with Gasteiger partial charge >= 0.3 is 5.97 Å². The molecule has 0 atom stereocenters. The Hall–Kier alpha value is -0.610. The molecule has 0 aromatic rings. The Morgan fingerprint density at radius 1 is 1.29 bits per heavy atom. The molecule has 17 heavy (non-hydrogen) atoms. The zero-order valence-corrected chi connectivity index (χ0v) is 11.2. The molecule has 4 heteroatoms. The fraction of sp³-hybridized carbons (Fsp3) is 0.923. The van der Waals surface area contributed by atoms with Crippen molar-refractivity contribution in [2.45, 2.75) is 51.5 Å². The molecule has 1 aliphatic heterocycles. The molecule has 1 heterocycles. The smallest absolute Gasteiger partial charge is 0.305 e. The predicted octanol–water partition coefficient (Wildman–Crippen LogP) is 1.71. The first-order valence-corrected chi connectivity index (χ1v) is 6.81. The number of carboxylic acid groups (broad SMARTS) is 1. The molecular formula is C13H26N2O2. The number of rotatable bonds is 7. The zero-order valence-electron chi connectivity index (χ0n) is 11.2. The number of aliphatic carboxylic acids is 1. The van der Waals surface area contributed by atoms with Gasteiger partial charge in [0.25, 0.3) is 0 Å². The van der Waals surface area contributed by atoms with Crippen molar-refractivity contribution in [3.05, 3.63) is 0 Å². The van der Waals surface area contributed by atoms with Crippen LogP contribution in [-0.4, -0.2) is 47.7 Å². The van der Waals surface area contributed by atoms with Gasteiger partial charge in [-0.05, 0) is 51.9 Å². The molecule has 0 bridgehead atoms. The summed E-state index contributed by atoms with van der Waals surface area (Å²) in [6, 6.07) is 0. The van der Waals surface area contributed by atoms with E-state index in [0.29, 0.717) is 0 Å². The van der Waals surface area contributed by atoms with E-state index in [1.54, 1.807) is 0 Å². The van der Waals surface area contributed by atoms with Crippen molar-refractivity contribution in [1.29, 1.82) is 0 Å². The molecule has 1 saturated heterocycles. The van der Waals surface area contributed by atoms with Crippen molar-refractivity contribution in [3.63, 3.8) is 0 Å². The molecule has 0 aromatic heterocycles. The minimum atomic E-state index is -0.683. The molecule has 4 nitrogen and oxygen atoms in total. The van der Waals surface area contributed by atoms with E-state index in [2.05, 4.69) is 24.1 Å². The summed E-state index contributed by atoms with van der Waals surface area (Å²) in [5.74, 6) is -0.683. The first-order valence-electron chi connectivity index (χ1n) is 6.81. The number of hydrogen-bond acceptors (Lipinski definition) is 3. The lowest BCUT2D eigenvalue weighted by molar-refractivity contribution is -0.139. The van der Waals surface area contributed by atoms with Crippen LogP contribution in [0.25, 0.3) is 0 Å². The summed E-state index contributed by atoms with van der Waals surface area (Å²) in [7, 11) is 0. The van der Waals surface area contributed by atoms with Crippen LogP contribution in [0.15, 0.2) is 0 Å². The van der Waals surface area contributed by atoms with Crippen LogP contribution in [0.5, 0.6) is 0 Å². The number of nitrogens with one attached hydrogen (secondary N) is 1. The molecule has 0 aliphatic carbocycles. The Kier molecular flexibility index (Phi) is 5.92. The van der Waals surface area contributed by atoms with Gasteiger partial charge in [0.2, 0.25) is 0 Å². The van der Waals surface area contributed by atoms with Crippen molar-refractivity contribution in [2.24, 2.45) is 0 Å². The van der Waals surface area contributed by atoms with Gasteiger partial charge in [0.1, 0.15) is 0 Å². The van der Waals surface area contributed by atoms with Gasteiger partial charge < -0.3 is 15.3 Å². The topological polar surface area (TPSA) is 52.6 Å².